The molecule has 0 bridgehead atoms. The lowest BCUT2D eigenvalue weighted by atomic mass is 9.96. The summed E-state index contributed by atoms with van der Waals surface area (Å²) in [5.74, 6) is 0.409. The van der Waals surface area contributed by atoms with Crippen LogP contribution in [-0.4, -0.2) is 46.4 Å². The van der Waals surface area contributed by atoms with Crippen LogP contribution in [0.2, 0.25) is 0 Å². The number of benzene rings is 1. The molecule has 1 fully saturated rings. The van der Waals surface area contributed by atoms with E-state index in [0.29, 0.717) is 17.4 Å². The number of piperidine rings is 1. The topological polar surface area (TPSA) is 49.6 Å². The minimum atomic E-state index is -4.28. The Bertz CT molecular complexity index is 1230. The minimum absolute atomic E-state index is 0.0431. The number of aryl methyl sites for hydroxylation is 1. The van der Waals surface area contributed by atoms with Gasteiger partial charge in [-0.1, -0.05) is 30.0 Å². The van der Waals surface area contributed by atoms with Crippen LogP contribution in [0.3, 0.4) is 0 Å². The molecule has 4 heterocycles. The number of carbonyl (C=O) groups is 1. The quantitative estimate of drug-likeness (QED) is 0.481. The van der Waals surface area contributed by atoms with Gasteiger partial charge in [0.2, 0.25) is 0 Å². The first kappa shape index (κ1) is 23.9. The van der Waals surface area contributed by atoms with Crippen LogP contribution in [0.4, 0.5) is 13.2 Å². The van der Waals surface area contributed by atoms with Crippen molar-refractivity contribution in [1.29, 1.82) is 0 Å². The maximum absolute atomic E-state index is 12.8. The largest absolute Gasteiger partial charge is 0.416 e. The fourth-order valence-corrected chi connectivity index (χ4v) is 5.71. The Morgan fingerprint density at radius 1 is 1.11 bits per heavy atom. The predicted molar refractivity (Wildman–Crippen MR) is 131 cm³/mol. The van der Waals surface area contributed by atoms with Crippen LogP contribution in [0.1, 0.15) is 36.1 Å². The van der Waals surface area contributed by atoms with Crippen molar-refractivity contribution >= 4 is 29.4 Å². The number of likely N-dealkylation sites (tertiary alicyclic amines) is 1. The van der Waals surface area contributed by atoms with E-state index < -0.39 is 11.7 Å². The number of hydrogen-bond acceptors (Lipinski definition) is 4. The third-order valence-electron chi connectivity index (χ3n) is 6.72. The summed E-state index contributed by atoms with van der Waals surface area (Å²) >= 11 is 1.47. The average Bonchev–Trinajstić information content (AvgIpc) is 3.27. The number of amides is 1. The normalized spacial score (nSPS) is 16.9. The highest BCUT2D eigenvalue weighted by molar-refractivity contribution is 8.04. The number of rotatable bonds is 7. The van der Waals surface area contributed by atoms with Gasteiger partial charge in [-0.15, -0.1) is 0 Å². The van der Waals surface area contributed by atoms with E-state index in [0.717, 1.165) is 79.4 Å². The second-order valence-electron chi connectivity index (χ2n) is 9.14. The fraction of sp³-hybridized carbons (Fsp3) is 0.385. The fourth-order valence-electron chi connectivity index (χ4n) is 4.70. The summed E-state index contributed by atoms with van der Waals surface area (Å²) in [6, 6.07) is 11.4. The van der Waals surface area contributed by atoms with Gasteiger partial charge in [0.25, 0.3) is 5.91 Å². The van der Waals surface area contributed by atoms with Gasteiger partial charge in [0.05, 0.1) is 27.4 Å². The molecule has 0 radical (unpaired) electrons. The second kappa shape index (κ2) is 10.1. The number of thioether (sulfide) groups is 1. The maximum Gasteiger partial charge on any atom is 0.416 e. The van der Waals surface area contributed by atoms with Crippen LogP contribution in [0.25, 0.3) is 11.7 Å². The molecule has 1 aromatic carbocycles. The molecule has 0 spiro atoms. The molecule has 1 saturated heterocycles. The van der Waals surface area contributed by atoms with Gasteiger partial charge in [0, 0.05) is 6.54 Å². The number of imidazole rings is 1. The zero-order chi connectivity index (χ0) is 24.4. The monoisotopic (exact) mass is 500 g/mol. The lowest BCUT2D eigenvalue weighted by Gasteiger charge is -2.32. The van der Waals surface area contributed by atoms with Crippen molar-refractivity contribution < 1.29 is 18.0 Å². The van der Waals surface area contributed by atoms with Gasteiger partial charge in [-0.05, 0) is 87.1 Å². The maximum atomic E-state index is 12.8. The van der Waals surface area contributed by atoms with Crippen molar-refractivity contribution in [3.63, 3.8) is 0 Å². The number of hydrogen-bond donors (Lipinski definition) is 1. The Labute approximate surface area is 206 Å². The molecule has 2 aliphatic rings. The summed E-state index contributed by atoms with van der Waals surface area (Å²) in [6.45, 7) is 3.56. The third-order valence-corrected chi connectivity index (χ3v) is 7.77. The molecule has 5 rings (SSSR count). The van der Waals surface area contributed by atoms with Crippen LogP contribution < -0.4 is 5.32 Å². The molecule has 0 saturated carbocycles. The van der Waals surface area contributed by atoms with Crippen LogP contribution in [-0.2, 0) is 17.4 Å². The molecule has 0 atom stereocenters. The summed E-state index contributed by atoms with van der Waals surface area (Å²) in [4.78, 5) is 20.3. The molecule has 35 heavy (non-hydrogen) atoms. The van der Waals surface area contributed by atoms with Crippen LogP contribution in [0, 0.1) is 5.92 Å². The van der Waals surface area contributed by atoms with E-state index in [1.165, 1.54) is 11.8 Å². The highest BCUT2D eigenvalue weighted by Gasteiger charge is 2.30. The first-order valence-electron chi connectivity index (χ1n) is 11.9. The van der Waals surface area contributed by atoms with Crippen molar-refractivity contribution in [2.24, 2.45) is 5.92 Å². The molecule has 0 aliphatic carbocycles. The van der Waals surface area contributed by atoms with Crippen LogP contribution >= 0.6 is 11.8 Å². The average molecular weight is 501 g/mol. The molecule has 3 aromatic rings. The molecule has 2 aliphatic heterocycles. The van der Waals surface area contributed by atoms with Crippen molar-refractivity contribution in [3.8, 4) is 0 Å². The van der Waals surface area contributed by atoms with Crippen LogP contribution in [0.15, 0.2) is 58.6 Å². The molecule has 1 N–H and O–H groups in total. The Hall–Kier alpha value is -2.78. The van der Waals surface area contributed by atoms with Gasteiger partial charge in [-0.3, -0.25) is 9.20 Å². The summed E-state index contributed by atoms with van der Waals surface area (Å²) in [7, 11) is 0. The van der Waals surface area contributed by atoms with Gasteiger partial charge in [0.15, 0.2) is 0 Å². The molecule has 2 aromatic heterocycles. The lowest BCUT2D eigenvalue weighted by Crippen LogP contribution is -2.39. The Kier molecular flexibility index (Phi) is 6.88. The Balaban J connectivity index is 1.03. The van der Waals surface area contributed by atoms with E-state index in [-0.39, 0.29) is 5.91 Å². The Morgan fingerprint density at radius 3 is 2.63 bits per heavy atom. The van der Waals surface area contributed by atoms with Gasteiger partial charge >= 0.3 is 6.18 Å². The predicted octanol–water partition coefficient (Wildman–Crippen LogP) is 5.26. The second-order valence-corrected chi connectivity index (χ2v) is 10.2. The van der Waals surface area contributed by atoms with Gasteiger partial charge in [-0.25, -0.2) is 4.98 Å². The minimum Gasteiger partial charge on any atom is -0.351 e. The highest BCUT2D eigenvalue weighted by atomic mass is 32.2. The number of nitrogens with zero attached hydrogens (tertiary/aromatic N) is 3. The molecule has 0 unspecified atom stereocenters. The van der Waals surface area contributed by atoms with Gasteiger partial charge in [-0.2, -0.15) is 13.2 Å². The summed E-state index contributed by atoms with van der Waals surface area (Å²) in [5, 5.41) is 4.11. The number of pyridine rings is 1. The van der Waals surface area contributed by atoms with Crippen LogP contribution in [0.5, 0.6) is 0 Å². The third kappa shape index (κ3) is 5.56. The number of alkyl halides is 3. The van der Waals surface area contributed by atoms with E-state index in [1.54, 1.807) is 18.3 Å². The van der Waals surface area contributed by atoms with E-state index in [2.05, 4.69) is 19.6 Å². The summed E-state index contributed by atoms with van der Waals surface area (Å²) in [5.41, 5.74) is 2.14. The Morgan fingerprint density at radius 2 is 1.89 bits per heavy atom. The van der Waals surface area contributed by atoms with Gasteiger partial charge in [0.1, 0.15) is 5.65 Å². The highest BCUT2D eigenvalue weighted by Crippen LogP contribution is 2.34. The zero-order valence-corrected chi connectivity index (χ0v) is 20.0. The summed E-state index contributed by atoms with van der Waals surface area (Å²) in [6.07, 6.45) is 3.14. The first-order chi connectivity index (χ1) is 16.9. The first-order valence-corrected chi connectivity index (χ1v) is 12.7. The van der Waals surface area contributed by atoms with Crippen molar-refractivity contribution in [1.82, 2.24) is 19.6 Å². The molecule has 9 heteroatoms. The van der Waals surface area contributed by atoms with Gasteiger partial charge < -0.3 is 10.2 Å². The molecule has 5 nitrogen and oxygen atoms in total. The molecular formula is C26H27F3N4OS. The smallest absolute Gasteiger partial charge is 0.351 e. The van der Waals surface area contributed by atoms with E-state index in [9.17, 15) is 18.0 Å². The number of nitrogens with one attached hydrogen (secondary N) is 1. The van der Waals surface area contributed by atoms with E-state index in [4.69, 9.17) is 0 Å². The zero-order valence-electron chi connectivity index (χ0n) is 19.2. The molecular weight excluding hydrogens is 473 g/mol. The number of carbonyl (C=O) groups excluding carboxylic acids is 1. The standard InChI is InChI=1S/C26H27F3N4OS/c27-26(28,29)20-8-6-18(7-9-20)3-2-12-32-13-10-19(11-14-32)16-31-25(34)22-15-21-17-30-23-4-1-5-24(35-22)33(21)23/h1,4-9,15,17,19H,2-3,10-14,16H2,(H,31,34). The van der Waals surface area contributed by atoms with Crippen molar-refractivity contribution in [2.75, 3.05) is 26.2 Å². The van der Waals surface area contributed by atoms with Crippen molar-refractivity contribution in [2.45, 2.75) is 36.9 Å². The van der Waals surface area contributed by atoms with E-state index in [1.807, 2.05) is 24.3 Å². The van der Waals surface area contributed by atoms with Crippen molar-refractivity contribution in [3.05, 3.63) is 70.4 Å². The number of aromatic nitrogens is 2. The molecule has 184 valence electrons. The lowest BCUT2D eigenvalue weighted by molar-refractivity contribution is -0.137. The SMILES string of the molecule is O=C(NCC1CCN(CCCc2ccc(C(F)(F)F)cc2)CC1)C1=Cc2cnc3cccc(n23)S1. The number of halogens is 3. The molecule has 1 amide bonds. The summed E-state index contributed by atoms with van der Waals surface area (Å²) < 4.78 is 40.1. The van der Waals surface area contributed by atoms with E-state index >= 15 is 0 Å².